The number of aromatic nitrogens is 3. The maximum absolute atomic E-state index is 6.61. The van der Waals surface area contributed by atoms with Gasteiger partial charge in [0.2, 0.25) is 5.28 Å². The van der Waals surface area contributed by atoms with Gasteiger partial charge >= 0.3 is 0 Å². The highest BCUT2D eigenvalue weighted by atomic mass is 35.5. The monoisotopic (exact) mass is 408 g/mol. The Bertz CT molecular complexity index is 806. The van der Waals surface area contributed by atoms with Crippen molar-refractivity contribution in [1.82, 2.24) is 15.0 Å². The maximum atomic E-state index is 6.61. The molecule has 0 aliphatic heterocycles. The van der Waals surface area contributed by atoms with Gasteiger partial charge in [-0.1, -0.05) is 47.5 Å². The van der Waals surface area contributed by atoms with E-state index in [0.717, 1.165) is 35.9 Å². The van der Waals surface area contributed by atoms with Crippen LogP contribution in [0.3, 0.4) is 0 Å². The summed E-state index contributed by atoms with van der Waals surface area (Å²) < 4.78 is 6.61. The Hall–Kier alpha value is -1.24. The molecule has 0 bridgehead atoms. The van der Waals surface area contributed by atoms with E-state index in [1.807, 2.05) is 6.07 Å². The number of fused-ring (bicyclic) bond motifs is 1. The molecular weight excluding hydrogens is 376 g/mol. The predicted molar refractivity (Wildman–Crippen MR) is 117 cm³/mol. The minimum atomic E-state index is -1.89. The zero-order valence-corrected chi connectivity index (χ0v) is 19.4. The van der Waals surface area contributed by atoms with Gasteiger partial charge in [0.15, 0.2) is 8.32 Å². The lowest BCUT2D eigenvalue weighted by atomic mass is 9.80. The number of hydrogen-bond acceptors (Lipinski definition) is 5. The van der Waals surface area contributed by atoms with E-state index in [1.54, 1.807) is 6.20 Å². The van der Waals surface area contributed by atoms with Gasteiger partial charge in [0.25, 0.3) is 0 Å². The van der Waals surface area contributed by atoms with Crippen molar-refractivity contribution in [3.8, 4) is 0 Å². The fraction of sp³-hybridized carbons (Fsp3) is 0.650. The molecule has 2 rings (SSSR count). The lowest BCUT2D eigenvalue weighted by Crippen LogP contribution is -2.44. The van der Waals surface area contributed by atoms with Crippen LogP contribution in [0.4, 0.5) is 5.82 Å². The number of rotatable bonds is 7. The van der Waals surface area contributed by atoms with Crippen molar-refractivity contribution >= 4 is 36.6 Å². The topological polar surface area (TPSA) is 73.9 Å². The fourth-order valence-corrected chi connectivity index (χ4v) is 4.21. The number of nitrogens with two attached hydrogens (primary N) is 1. The van der Waals surface area contributed by atoms with E-state index in [-0.39, 0.29) is 15.7 Å². The average molecular weight is 409 g/mol. The van der Waals surface area contributed by atoms with Crippen molar-refractivity contribution in [3.05, 3.63) is 23.2 Å². The molecule has 2 aromatic rings. The van der Waals surface area contributed by atoms with Crippen LogP contribution in [-0.2, 0) is 9.84 Å². The first-order valence-corrected chi connectivity index (χ1v) is 12.9. The second-order valence-corrected chi connectivity index (χ2v) is 14.3. The third-order valence-electron chi connectivity index (χ3n) is 5.82. The zero-order valence-electron chi connectivity index (χ0n) is 17.7. The number of nitrogens with zero attached hydrogens (tertiary/aromatic N) is 3. The third kappa shape index (κ3) is 4.79. The van der Waals surface area contributed by atoms with E-state index in [4.69, 9.17) is 26.7 Å². The predicted octanol–water partition coefficient (Wildman–Crippen LogP) is 5.73. The van der Waals surface area contributed by atoms with Crippen molar-refractivity contribution < 1.29 is 4.43 Å². The van der Waals surface area contributed by atoms with Crippen LogP contribution in [-0.4, -0.2) is 29.9 Å². The van der Waals surface area contributed by atoms with Gasteiger partial charge in [-0.2, -0.15) is 0 Å². The second kappa shape index (κ2) is 8.01. The molecule has 0 spiro atoms. The summed E-state index contributed by atoms with van der Waals surface area (Å²) in [4.78, 5) is 13.2. The van der Waals surface area contributed by atoms with Crippen LogP contribution in [0.2, 0.25) is 23.4 Å². The maximum Gasteiger partial charge on any atom is 0.224 e. The smallest absolute Gasteiger partial charge is 0.224 e. The van der Waals surface area contributed by atoms with Crippen molar-refractivity contribution in [2.75, 3.05) is 12.3 Å². The molecule has 5 nitrogen and oxygen atoms in total. The molecule has 150 valence electrons. The van der Waals surface area contributed by atoms with E-state index in [9.17, 15) is 0 Å². The molecule has 0 saturated carbocycles. The molecule has 1 unspecified atom stereocenters. The molecule has 0 aliphatic rings. The lowest BCUT2D eigenvalue weighted by Gasteiger charge is -2.40. The van der Waals surface area contributed by atoms with E-state index < -0.39 is 8.32 Å². The molecule has 2 heterocycles. The number of anilines is 1. The Morgan fingerprint density at radius 2 is 1.85 bits per heavy atom. The molecule has 0 fully saturated rings. The van der Waals surface area contributed by atoms with E-state index in [2.05, 4.69) is 57.7 Å². The van der Waals surface area contributed by atoms with Crippen molar-refractivity contribution in [3.63, 3.8) is 0 Å². The Balaban J connectivity index is 2.52. The summed E-state index contributed by atoms with van der Waals surface area (Å²) in [6.07, 6.45) is 4.94. The molecule has 0 aromatic carbocycles. The van der Waals surface area contributed by atoms with Gasteiger partial charge in [0.1, 0.15) is 5.82 Å². The van der Waals surface area contributed by atoms with Crippen LogP contribution in [0, 0.1) is 0 Å². The minimum absolute atomic E-state index is 0.153. The van der Waals surface area contributed by atoms with Gasteiger partial charge in [-0.05, 0) is 42.2 Å². The first kappa shape index (κ1) is 22.1. The largest absolute Gasteiger partial charge is 0.416 e. The molecular formula is C20H33ClN4OSi. The molecule has 1 atom stereocenters. The van der Waals surface area contributed by atoms with Gasteiger partial charge in [-0.15, -0.1) is 0 Å². The second-order valence-electron chi connectivity index (χ2n) is 9.14. The molecule has 0 amide bonds. The van der Waals surface area contributed by atoms with Crippen LogP contribution >= 0.6 is 11.6 Å². The first-order chi connectivity index (χ1) is 12.4. The third-order valence-corrected chi connectivity index (χ3v) is 10.5. The Morgan fingerprint density at radius 1 is 1.19 bits per heavy atom. The van der Waals surface area contributed by atoms with Crippen LogP contribution in [0.5, 0.6) is 0 Å². The zero-order chi connectivity index (χ0) is 20.5. The molecule has 7 heteroatoms. The number of unbranched alkanes of at least 4 members (excludes halogenated alkanes) is 1. The van der Waals surface area contributed by atoms with Crippen LogP contribution < -0.4 is 5.73 Å². The van der Waals surface area contributed by atoms with Crippen LogP contribution in [0.25, 0.3) is 10.9 Å². The highest BCUT2D eigenvalue weighted by Gasteiger charge is 2.40. The summed E-state index contributed by atoms with van der Waals surface area (Å²) in [5, 5.41) is 1.10. The molecule has 2 aromatic heterocycles. The summed E-state index contributed by atoms with van der Waals surface area (Å²) in [5.41, 5.74) is 7.59. The van der Waals surface area contributed by atoms with Crippen LogP contribution in [0.15, 0.2) is 12.3 Å². The first-order valence-electron chi connectivity index (χ1n) is 9.63. The van der Waals surface area contributed by atoms with Gasteiger partial charge in [-0.3, -0.25) is 4.98 Å². The molecule has 2 N–H and O–H groups in total. The number of pyridine rings is 1. The number of hydrogen-bond donors (Lipinski definition) is 1. The Kier molecular flexibility index (Phi) is 6.54. The van der Waals surface area contributed by atoms with Crippen molar-refractivity contribution in [2.45, 2.75) is 77.4 Å². The Labute approximate surface area is 169 Å². The van der Waals surface area contributed by atoms with Crippen LogP contribution in [0.1, 0.15) is 59.6 Å². The Morgan fingerprint density at radius 3 is 2.44 bits per heavy atom. The quantitative estimate of drug-likeness (QED) is 0.467. The summed E-state index contributed by atoms with van der Waals surface area (Å²) >= 11 is 6.00. The lowest BCUT2D eigenvalue weighted by molar-refractivity contribution is 0.195. The SMILES string of the molecule is CCCCC(C)(CO[Si](C)(C)C(C)(C)C)c1nccc2nc(Cl)nc(N)c12. The highest BCUT2D eigenvalue weighted by molar-refractivity contribution is 6.74. The standard InChI is InChI=1S/C20H33ClN4OSi/c1-8-9-11-20(5,13-26-27(6,7)19(2,3)4)16-15-14(10-12-23-16)24-18(21)25-17(15)22/h10,12H,8-9,11,13H2,1-7H3,(H2,22,24,25). The normalized spacial score (nSPS) is 15.1. The number of nitrogen functional groups attached to an aromatic ring is 1. The van der Waals surface area contributed by atoms with E-state index in [1.165, 1.54) is 0 Å². The number of halogens is 1. The molecule has 27 heavy (non-hydrogen) atoms. The van der Waals surface area contributed by atoms with Crippen molar-refractivity contribution in [2.24, 2.45) is 0 Å². The summed E-state index contributed by atoms with van der Waals surface area (Å²) in [6.45, 7) is 16.3. The highest BCUT2D eigenvalue weighted by Crippen LogP contribution is 2.40. The fourth-order valence-electron chi connectivity index (χ4n) is 2.92. The van der Waals surface area contributed by atoms with Gasteiger partial charge in [0, 0.05) is 18.2 Å². The van der Waals surface area contributed by atoms with Gasteiger partial charge < -0.3 is 10.2 Å². The minimum Gasteiger partial charge on any atom is -0.416 e. The van der Waals surface area contributed by atoms with Gasteiger partial charge in [-0.25, -0.2) is 9.97 Å². The summed E-state index contributed by atoms with van der Waals surface area (Å²) in [5.74, 6) is 0.378. The van der Waals surface area contributed by atoms with E-state index in [0.29, 0.717) is 12.4 Å². The van der Waals surface area contributed by atoms with E-state index >= 15 is 0 Å². The molecule has 0 aliphatic carbocycles. The van der Waals surface area contributed by atoms with Crippen molar-refractivity contribution in [1.29, 1.82) is 0 Å². The van der Waals surface area contributed by atoms with Gasteiger partial charge in [0.05, 0.1) is 16.6 Å². The summed E-state index contributed by atoms with van der Waals surface area (Å²) in [7, 11) is -1.89. The average Bonchev–Trinajstić information content (AvgIpc) is 2.56. The summed E-state index contributed by atoms with van der Waals surface area (Å²) in [6, 6.07) is 1.83. The molecule has 0 saturated heterocycles. The molecule has 0 radical (unpaired) electrons.